The number of nitrogens with one attached hydrogen (secondary N) is 2. The summed E-state index contributed by atoms with van der Waals surface area (Å²) in [6, 6.07) is 11.0. The van der Waals surface area contributed by atoms with Crippen LogP contribution in [0.3, 0.4) is 0 Å². The van der Waals surface area contributed by atoms with Gasteiger partial charge in [0.05, 0.1) is 5.69 Å². The quantitative estimate of drug-likeness (QED) is 0.691. The van der Waals surface area contributed by atoms with Crippen LogP contribution in [0.2, 0.25) is 0 Å². The van der Waals surface area contributed by atoms with Crippen LogP contribution in [0.15, 0.2) is 46.0 Å². The summed E-state index contributed by atoms with van der Waals surface area (Å²) in [7, 11) is 0. The largest absolute Gasteiger partial charge is 0.347 e. The molecular weight excluding hydrogens is 242 g/mol. The standard InChI is InChI=1S/C14H11N3O2/c1-8-7-10(18)15-13-11(8)12(16-14(19)17-13)9-5-3-2-4-6-9/h2-7H,1H3,(H2,15,16,17,18,19). The maximum Gasteiger partial charge on any atom is 0.347 e. The molecule has 3 rings (SSSR count). The van der Waals surface area contributed by atoms with Gasteiger partial charge in [-0.25, -0.2) is 4.79 Å². The third kappa shape index (κ3) is 1.95. The number of benzene rings is 1. The van der Waals surface area contributed by atoms with Crippen molar-refractivity contribution in [2.45, 2.75) is 6.92 Å². The second-order valence-electron chi connectivity index (χ2n) is 4.32. The van der Waals surface area contributed by atoms with E-state index in [1.807, 2.05) is 37.3 Å². The molecule has 5 heteroatoms. The monoisotopic (exact) mass is 253 g/mol. The highest BCUT2D eigenvalue weighted by atomic mass is 16.1. The van der Waals surface area contributed by atoms with Gasteiger partial charge in [-0.15, -0.1) is 0 Å². The summed E-state index contributed by atoms with van der Waals surface area (Å²) in [6.45, 7) is 1.82. The maximum absolute atomic E-state index is 11.6. The Hall–Kier alpha value is -2.69. The molecule has 2 N–H and O–H groups in total. The normalized spacial score (nSPS) is 10.8. The number of hydrogen-bond acceptors (Lipinski definition) is 3. The van der Waals surface area contributed by atoms with Gasteiger partial charge in [-0.05, 0) is 18.1 Å². The highest BCUT2D eigenvalue weighted by Gasteiger charge is 2.10. The van der Waals surface area contributed by atoms with E-state index in [4.69, 9.17) is 0 Å². The van der Waals surface area contributed by atoms with Gasteiger partial charge >= 0.3 is 5.69 Å². The SMILES string of the molecule is Cc1cc(=O)[nH]c2nc(=O)[nH]c(-c3ccccc3)c12. The number of aryl methyl sites for hydroxylation is 1. The van der Waals surface area contributed by atoms with Crippen LogP contribution in [0.25, 0.3) is 22.3 Å². The minimum atomic E-state index is -0.479. The fourth-order valence-electron chi connectivity index (χ4n) is 2.19. The first kappa shape index (κ1) is 11.4. The van der Waals surface area contributed by atoms with Crippen LogP contribution in [0.4, 0.5) is 0 Å². The molecule has 5 nitrogen and oxygen atoms in total. The number of hydrogen-bond donors (Lipinski definition) is 2. The predicted octanol–water partition coefficient (Wildman–Crippen LogP) is 1.59. The Morgan fingerprint density at radius 3 is 2.53 bits per heavy atom. The molecule has 0 aliphatic rings. The number of fused-ring (bicyclic) bond motifs is 1. The Bertz CT molecular complexity index is 858. The Balaban J connectivity index is 2.49. The molecule has 94 valence electrons. The van der Waals surface area contributed by atoms with Gasteiger partial charge in [0.25, 0.3) is 0 Å². The van der Waals surface area contributed by atoms with E-state index in [0.717, 1.165) is 16.5 Å². The molecule has 0 fully saturated rings. The zero-order valence-corrected chi connectivity index (χ0v) is 10.2. The van der Waals surface area contributed by atoms with Crippen molar-refractivity contribution in [3.8, 4) is 11.3 Å². The molecule has 1 aromatic carbocycles. The van der Waals surface area contributed by atoms with Gasteiger partial charge in [0.15, 0.2) is 0 Å². The molecule has 2 heterocycles. The molecule has 0 aliphatic carbocycles. The minimum absolute atomic E-state index is 0.262. The average molecular weight is 253 g/mol. The first-order valence-electron chi connectivity index (χ1n) is 5.84. The summed E-state index contributed by atoms with van der Waals surface area (Å²) >= 11 is 0. The Kier molecular flexibility index (Phi) is 2.52. The summed E-state index contributed by atoms with van der Waals surface area (Å²) in [5.74, 6) is 0. The molecule has 0 aliphatic heterocycles. The lowest BCUT2D eigenvalue weighted by Gasteiger charge is -2.07. The van der Waals surface area contributed by atoms with E-state index in [2.05, 4.69) is 15.0 Å². The third-order valence-corrected chi connectivity index (χ3v) is 2.98. The van der Waals surface area contributed by atoms with E-state index in [9.17, 15) is 9.59 Å². The summed E-state index contributed by atoms with van der Waals surface area (Å²) in [6.07, 6.45) is 0. The summed E-state index contributed by atoms with van der Waals surface area (Å²) < 4.78 is 0. The summed E-state index contributed by atoms with van der Waals surface area (Å²) in [4.78, 5) is 32.2. The number of H-pyrrole nitrogens is 2. The van der Waals surface area contributed by atoms with E-state index in [0.29, 0.717) is 11.3 Å². The lowest BCUT2D eigenvalue weighted by atomic mass is 10.1. The molecular formula is C14H11N3O2. The van der Waals surface area contributed by atoms with Gasteiger partial charge in [0.1, 0.15) is 5.65 Å². The van der Waals surface area contributed by atoms with Crippen molar-refractivity contribution in [3.63, 3.8) is 0 Å². The Morgan fingerprint density at radius 2 is 1.79 bits per heavy atom. The van der Waals surface area contributed by atoms with Gasteiger partial charge in [0, 0.05) is 11.5 Å². The number of rotatable bonds is 1. The highest BCUT2D eigenvalue weighted by Crippen LogP contribution is 2.24. The number of pyridine rings is 1. The van der Waals surface area contributed by atoms with Gasteiger partial charge < -0.3 is 9.97 Å². The number of nitrogens with zero attached hydrogens (tertiary/aromatic N) is 1. The molecule has 3 aromatic rings. The molecule has 0 bridgehead atoms. The van der Waals surface area contributed by atoms with E-state index in [1.54, 1.807) is 0 Å². The second-order valence-corrected chi connectivity index (χ2v) is 4.32. The van der Waals surface area contributed by atoms with Crippen molar-refractivity contribution in [1.82, 2.24) is 15.0 Å². The number of aromatic nitrogens is 3. The Labute approximate surface area is 108 Å². The molecule has 0 saturated carbocycles. The van der Waals surface area contributed by atoms with Crippen molar-refractivity contribution in [1.29, 1.82) is 0 Å². The average Bonchev–Trinajstić information content (AvgIpc) is 2.38. The fourth-order valence-corrected chi connectivity index (χ4v) is 2.19. The van der Waals surface area contributed by atoms with Crippen molar-refractivity contribution in [2.24, 2.45) is 0 Å². The number of aromatic amines is 2. The van der Waals surface area contributed by atoms with Crippen LogP contribution in [0.1, 0.15) is 5.56 Å². The van der Waals surface area contributed by atoms with Gasteiger partial charge in [-0.3, -0.25) is 4.79 Å². The topological polar surface area (TPSA) is 78.6 Å². The van der Waals surface area contributed by atoms with Crippen LogP contribution < -0.4 is 11.2 Å². The van der Waals surface area contributed by atoms with Crippen molar-refractivity contribution in [3.05, 3.63) is 62.8 Å². The van der Waals surface area contributed by atoms with E-state index in [-0.39, 0.29) is 5.56 Å². The predicted molar refractivity (Wildman–Crippen MR) is 73.2 cm³/mol. The second kappa shape index (κ2) is 4.20. The fraction of sp³-hybridized carbons (Fsp3) is 0.0714. The maximum atomic E-state index is 11.6. The van der Waals surface area contributed by atoms with Crippen LogP contribution in [0, 0.1) is 6.92 Å². The van der Waals surface area contributed by atoms with Crippen molar-refractivity contribution >= 4 is 11.0 Å². The molecule has 0 radical (unpaired) electrons. The van der Waals surface area contributed by atoms with Crippen molar-refractivity contribution in [2.75, 3.05) is 0 Å². The van der Waals surface area contributed by atoms with Crippen LogP contribution in [0.5, 0.6) is 0 Å². The molecule has 0 saturated heterocycles. The van der Waals surface area contributed by atoms with Crippen LogP contribution in [-0.4, -0.2) is 15.0 Å². The van der Waals surface area contributed by atoms with E-state index >= 15 is 0 Å². The molecule has 0 unspecified atom stereocenters. The van der Waals surface area contributed by atoms with Gasteiger partial charge in [-0.1, -0.05) is 30.3 Å². The van der Waals surface area contributed by atoms with Crippen LogP contribution in [-0.2, 0) is 0 Å². The van der Waals surface area contributed by atoms with E-state index in [1.165, 1.54) is 6.07 Å². The first-order valence-corrected chi connectivity index (χ1v) is 5.84. The summed E-state index contributed by atoms with van der Waals surface area (Å²) in [5, 5.41) is 0.755. The smallest absolute Gasteiger partial charge is 0.306 e. The van der Waals surface area contributed by atoms with Crippen LogP contribution >= 0.6 is 0 Å². The summed E-state index contributed by atoms with van der Waals surface area (Å²) in [5.41, 5.74) is 1.90. The first-order chi connectivity index (χ1) is 9.15. The lowest BCUT2D eigenvalue weighted by molar-refractivity contribution is 1.08. The highest BCUT2D eigenvalue weighted by molar-refractivity contribution is 5.92. The molecule has 2 aromatic heterocycles. The Morgan fingerprint density at radius 1 is 1.05 bits per heavy atom. The third-order valence-electron chi connectivity index (χ3n) is 2.98. The molecule has 0 atom stereocenters. The van der Waals surface area contributed by atoms with Crippen molar-refractivity contribution < 1.29 is 0 Å². The van der Waals surface area contributed by atoms with Gasteiger partial charge in [0.2, 0.25) is 5.56 Å². The molecule has 0 spiro atoms. The minimum Gasteiger partial charge on any atom is -0.306 e. The molecule has 0 amide bonds. The molecule has 19 heavy (non-hydrogen) atoms. The lowest BCUT2D eigenvalue weighted by Crippen LogP contribution is -2.16. The van der Waals surface area contributed by atoms with Gasteiger partial charge in [-0.2, -0.15) is 4.98 Å². The zero-order valence-electron chi connectivity index (χ0n) is 10.2. The zero-order chi connectivity index (χ0) is 13.4. The van der Waals surface area contributed by atoms with E-state index < -0.39 is 5.69 Å².